The van der Waals surface area contributed by atoms with E-state index in [9.17, 15) is 4.79 Å². The number of nitrogens with zero attached hydrogens (tertiary/aromatic N) is 2. The third-order valence-corrected chi connectivity index (χ3v) is 3.80. The average molecular weight is 337 g/mol. The Morgan fingerprint density at radius 1 is 1.08 bits per heavy atom. The summed E-state index contributed by atoms with van der Waals surface area (Å²) in [5.41, 5.74) is 2.84. The minimum absolute atomic E-state index is 0.0658. The number of aromatic nitrogens is 2. The molecule has 0 bridgehead atoms. The van der Waals surface area contributed by atoms with Gasteiger partial charge in [0.05, 0.1) is 19.1 Å². The molecule has 6 heteroatoms. The van der Waals surface area contributed by atoms with E-state index in [2.05, 4.69) is 22.4 Å². The molecular formula is C19H19N3O3. The number of carbonyl (C=O) groups excluding carboxylic acids is 1. The molecule has 0 saturated carbocycles. The van der Waals surface area contributed by atoms with Gasteiger partial charge in [-0.05, 0) is 29.7 Å². The normalized spacial score (nSPS) is 10.5. The molecule has 128 valence electrons. The van der Waals surface area contributed by atoms with E-state index >= 15 is 0 Å². The van der Waals surface area contributed by atoms with E-state index < -0.39 is 0 Å². The number of rotatable bonds is 6. The van der Waals surface area contributed by atoms with Gasteiger partial charge < -0.3 is 9.15 Å². The van der Waals surface area contributed by atoms with Crippen LogP contribution in [0.1, 0.15) is 18.1 Å². The van der Waals surface area contributed by atoms with Crippen molar-refractivity contribution in [2.45, 2.75) is 19.8 Å². The van der Waals surface area contributed by atoms with Gasteiger partial charge in [-0.15, -0.1) is 5.10 Å². The zero-order valence-electron chi connectivity index (χ0n) is 14.2. The third-order valence-electron chi connectivity index (χ3n) is 3.80. The number of amides is 1. The largest absolute Gasteiger partial charge is 0.496 e. The Labute approximate surface area is 145 Å². The van der Waals surface area contributed by atoms with Crippen LogP contribution in [-0.2, 0) is 17.6 Å². The highest BCUT2D eigenvalue weighted by Gasteiger charge is 2.14. The van der Waals surface area contributed by atoms with E-state index in [1.807, 2.05) is 42.5 Å². The Bertz CT molecular complexity index is 856. The lowest BCUT2D eigenvalue weighted by molar-refractivity contribution is -0.115. The molecule has 0 saturated heterocycles. The van der Waals surface area contributed by atoms with Crippen LogP contribution in [0.15, 0.2) is 52.9 Å². The van der Waals surface area contributed by atoms with Crippen LogP contribution in [0.25, 0.3) is 11.5 Å². The number of ether oxygens (including phenoxy) is 1. The first-order valence-corrected chi connectivity index (χ1v) is 8.04. The van der Waals surface area contributed by atoms with Gasteiger partial charge in [0, 0.05) is 0 Å². The highest BCUT2D eigenvalue weighted by atomic mass is 16.5. The van der Waals surface area contributed by atoms with Crippen molar-refractivity contribution in [3.8, 4) is 17.2 Å². The summed E-state index contributed by atoms with van der Waals surface area (Å²) in [6.07, 6.45) is 1.22. The Balaban J connectivity index is 1.67. The number of hydrogen-bond acceptors (Lipinski definition) is 5. The third kappa shape index (κ3) is 4.03. The van der Waals surface area contributed by atoms with Crippen LogP contribution in [0.3, 0.4) is 0 Å². The maximum Gasteiger partial charge on any atom is 0.322 e. The molecule has 25 heavy (non-hydrogen) atoms. The number of hydrogen-bond donors (Lipinski definition) is 1. The molecule has 0 aliphatic carbocycles. The summed E-state index contributed by atoms with van der Waals surface area (Å²) in [5.74, 6) is 0.708. The molecule has 1 amide bonds. The standard InChI is InChI=1S/C19H19N3O3/c1-3-13-8-10-14(11-9-13)12-17(23)20-19-22-21-18(25-19)15-6-4-5-7-16(15)24-2/h4-11H,3,12H2,1-2H3,(H,20,22,23). The highest BCUT2D eigenvalue weighted by molar-refractivity contribution is 5.90. The van der Waals surface area contributed by atoms with Crippen molar-refractivity contribution >= 4 is 11.9 Å². The Kier molecular flexibility index (Phi) is 5.09. The van der Waals surface area contributed by atoms with Crippen LogP contribution in [0.2, 0.25) is 0 Å². The summed E-state index contributed by atoms with van der Waals surface area (Å²) >= 11 is 0. The molecule has 1 N–H and O–H groups in total. The van der Waals surface area contributed by atoms with Crippen molar-refractivity contribution in [1.29, 1.82) is 0 Å². The van der Waals surface area contributed by atoms with Crippen LogP contribution in [0, 0.1) is 0 Å². The van der Waals surface area contributed by atoms with Gasteiger partial charge in [-0.25, -0.2) is 0 Å². The summed E-state index contributed by atoms with van der Waals surface area (Å²) in [7, 11) is 1.57. The summed E-state index contributed by atoms with van der Waals surface area (Å²) in [5, 5.41) is 10.5. The minimum Gasteiger partial charge on any atom is -0.496 e. The monoisotopic (exact) mass is 337 g/mol. The van der Waals surface area contributed by atoms with Gasteiger partial charge in [0.2, 0.25) is 5.91 Å². The van der Waals surface area contributed by atoms with Gasteiger partial charge in [-0.1, -0.05) is 48.4 Å². The van der Waals surface area contributed by atoms with Crippen LogP contribution >= 0.6 is 0 Å². The molecule has 6 nitrogen and oxygen atoms in total. The molecule has 1 heterocycles. The average Bonchev–Trinajstić information content (AvgIpc) is 3.10. The second-order valence-electron chi connectivity index (χ2n) is 5.51. The van der Waals surface area contributed by atoms with Gasteiger partial charge in [0.1, 0.15) is 5.75 Å². The molecule has 0 aliphatic rings. The SMILES string of the molecule is CCc1ccc(CC(=O)Nc2nnc(-c3ccccc3OC)o2)cc1. The van der Waals surface area contributed by atoms with Crippen LogP contribution in [-0.4, -0.2) is 23.2 Å². The first-order valence-electron chi connectivity index (χ1n) is 8.04. The maximum atomic E-state index is 12.1. The number of anilines is 1. The van der Waals surface area contributed by atoms with Crippen molar-refractivity contribution in [2.75, 3.05) is 12.4 Å². The smallest absolute Gasteiger partial charge is 0.322 e. The van der Waals surface area contributed by atoms with Gasteiger partial charge >= 0.3 is 6.01 Å². The van der Waals surface area contributed by atoms with Gasteiger partial charge in [-0.2, -0.15) is 0 Å². The number of aryl methyl sites for hydroxylation is 1. The predicted octanol–water partition coefficient (Wildman–Crippen LogP) is 3.49. The van der Waals surface area contributed by atoms with Crippen molar-refractivity contribution in [2.24, 2.45) is 0 Å². The summed E-state index contributed by atoms with van der Waals surface area (Å²) in [6.45, 7) is 2.09. The van der Waals surface area contributed by atoms with Crippen molar-refractivity contribution in [3.63, 3.8) is 0 Å². The fraction of sp³-hybridized carbons (Fsp3) is 0.211. The van der Waals surface area contributed by atoms with Crippen molar-refractivity contribution < 1.29 is 13.9 Å². The second-order valence-corrected chi connectivity index (χ2v) is 5.51. The maximum absolute atomic E-state index is 12.1. The Morgan fingerprint density at radius 2 is 1.80 bits per heavy atom. The summed E-state index contributed by atoms with van der Waals surface area (Å²) in [6, 6.07) is 15.3. The fourth-order valence-corrected chi connectivity index (χ4v) is 2.45. The Morgan fingerprint density at radius 3 is 2.52 bits per heavy atom. The minimum atomic E-state index is -0.209. The molecular weight excluding hydrogens is 318 g/mol. The molecule has 0 spiro atoms. The quantitative estimate of drug-likeness (QED) is 0.745. The highest BCUT2D eigenvalue weighted by Crippen LogP contribution is 2.29. The van der Waals surface area contributed by atoms with Gasteiger partial charge in [-0.3, -0.25) is 10.1 Å². The van der Waals surface area contributed by atoms with Crippen LogP contribution in [0.5, 0.6) is 5.75 Å². The molecule has 0 atom stereocenters. The first-order chi connectivity index (χ1) is 12.2. The summed E-state index contributed by atoms with van der Waals surface area (Å²) in [4.78, 5) is 12.1. The van der Waals surface area contributed by atoms with Crippen molar-refractivity contribution in [1.82, 2.24) is 10.2 Å². The molecule has 0 unspecified atom stereocenters. The van der Waals surface area contributed by atoms with Crippen molar-refractivity contribution in [3.05, 3.63) is 59.7 Å². The van der Waals surface area contributed by atoms with E-state index in [1.54, 1.807) is 13.2 Å². The van der Waals surface area contributed by atoms with E-state index in [-0.39, 0.29) is 18.3 Å². The number of methoxy groups -OCH3 is 1. The molecule has 2 aromatic carbocycles. The van der Waals surface area contributed by atoms with E-state index in [0.29, 0.717) is 17.2 Å². The predicted molar refractivity (Wildman–Crippen MR) is 94.4 cm³/mol. The zero-order chi connectivity index (χ0) is 17.6. The summed E-state index contributed by atoms with van der Waals surface area (Å²) < 4.78 is 10.8. The molecule has 0 aliphatic heterocycles. The zero-order valence-corrected chi connectivity index (χ0v) is 14.2. The van der Waals surface area contributed by atoms with Gasteiger partial charge in [0.25, 0.3) is 5.89 Å². The number of nitrogens with one attached hydrogen (secondary N) is 1. The van der Waals surface area contributed by atoms with E-state index in [1.165, 1.54) is 5.56 Å². The molecule has 3 rings (SSSR count). The van der Waals surface area contributed by atoms with Crippen LogP contribution < -0.4 is 10.1 Å². The van der Waals surface area contributed by atoms with Crippen LogP contribution in [0.4, 0.5) is 6.01 Å². The molecule has 0 radical (unpaired) electrons. The number of para-hydroxylation sites is 1. The number of benzene rings is 2. The lowest BCUT2D eigenvalue weighted by Crippen LogP contribution is -2.14. The lowest BCUT2D eigenvalue weighted by atomic mass is 10.1. The van der Waals surface area contributed by atoms with E-state index in [4.69, 9.17) is 9.15 Å². The molecule has 1 aromatic heterocycles. The Hall–Kier alpha value is -3.15. The molecule has 3 aromatic rings. The fourth-order valence-electron chi connectivity index (χ4n) is 2.45. The van der Waals surface area contributed by atoms with E-state index in [0.717, 1.165) is 12.0 Å². The topological polar surface area (TPSA) is 77.2 Å². The molecule has 0 fully saturated rings. The van der Waals surface area contributed by atoms with Gasteiger partial charge in [0.15, 0.2) is 0 Å². The lowest BCUT2D eigenvalue weighted by Gasteiger charge is -2.04. The number of carbonyl (C=O) groups is 1. The first kappa shape index (κ1) is 16.7. The second kappa shape index (κ2) is 7.61.